The Morgan fingerprint density at radius 3 is 2.58 bits per heavy atom. The number of hydrogen-bond donors (Lipinski definition) is 1. The average molecular weight is 371 g/mol. The van der Waals surface area contributed by atoms with Gasteiger partial charge >= 0.3 is 0 Å². The van der Waals surface area contributed by atoms with Gasteiger partial charge in [-0.3, -0.25) is 0 Å². The summed E-state index contributed by atoms with van der Waals surface area (Å²) in [5, 5.41) is 3.67. The van der Waals surface area contributed by atoms with Crippen LogP contribution in [0.4, 0.5) is 0 Å². The highest BCUT2D eigenvalue weighted by molar-refractivity contribution is 7.98. The van der Waals surface area contributed by atoms with Crippen molar-refractivity contribution in [2.45, 2.75) is 31.2 Å². The molecule has 0 aromatic heterocycles. The highest BCUT2D eigenvalue weighted by Gasteiger charge is 2.21. The van der Waals surface area contributed by atoms with Gasteiger partial charge in [-0.15, -0.1) is 11.8 Å². The van der Waals surface area contributed by atoms with Crippen LogP contribution in [0.3, 0.4) is 0 Å². The SMILES string of the molecule is CCN(CC)CCOc1ccc2c(c1)CCNC2c1ccc(SC)cc1. The van der Waals surface area contributed by atoms with Gasteiger partial charge in [0, 0.05) is 18.0 Å². The van der Waals surface area contributed by atoms with Crippen molar-refractivity contribution in [1.29, 1.82) is 0 Å². The zero-order chi connectivity index (χ0) is 18.4. The van der Waals surface area contributed by atoms with Crippen LogP contribution in [0, 0.1) is 0 Å². The molecule has 3 rings (SSSR count). The Bertz CT molecular complexity index is 698. The molecule has 2 aromatic rings. The lowest BCUT2D eigenvalue weighted by atomic mass is 9.90. The normalized spacial score (nSPS) is 16.5. The molecule has 0 saturated heterocycles. The Labute approximate surface area is 162 Å². The van der Waals surface area contributed by atoms with E-state index in [1.807, 2.05) is 0 Å². The fourth-order valence-electron chi connectivity index (χ4n) is 3.56. The number of fused-ring (bicyclic) bond motifs is 1. The lowest BCUT2D eigenvalue weighted by Gasteiger charge is -2.28. The topological polar surface area (TPSA) is 24.5 Å². The molecule has 0 bridgehead atoms. The number of hydrogen-bond acceptors (Lipinski definition) is 4. The van der Waals surface area contributed by atoms with E-state index in [0.29, 0.717) is 0 Å². The van der Waals surface area contributed by atoms with E-state index in [9.17, 15) is 0 Å². The molecule has 1 atom stereocenters. The Hall–Kier alpha value is -1.49. The maximum atomic E-state index is 6.01. The van der Waals surface area contributed by atoms with Crippen molar-refractivity contribution in [1.82, 2.24) is 10.2 Å². The number of thioether (sulfide) groups is 1. The third-order valence-electron chi connectivity index (χ3n) is 5.19. The summed E-state index contributed by atoms with van der Waals surface area (Å²) in [6, 6.07) is 15.8. The second kappa shape index (κ2) is 9.45. The first-order chi connectivity index (χ1) is 12.7. The van der Waals surface area contributed by atoms with E-state index in [1.165, 1.54) is 21.6 Å². The predicted octanol–water partition coefficient (Wildman–Crippen LogP) is 4.36. The second-order valence-corrected chi connectivity index (χ2v) is 7.53. The van der Waals surface area contributed by atoms with Crippen molar-refractivity contribution in [2.75, 3.05) is 39.0 Å². The van der Waals surface area contributed by atoms with Crippen LogP contribution in [0.2, 0.25) is 0 Å². The summed E-state index contributed by atoms with van der Waals surface area (Å²) in [5.74, 6) is 0.995. The minimum absolute atomic E-state index is 0.277. The fraction of sp³-hybridized carbons (Fsp3) is 0.455. The van der Waals surface area contributed by atoms with Crippen LogP contribution in [-0.4, -0.2) is 43.9 Å². The number of benzene rings is 2. The first kappa shape index (κ1) is 19.3. The molecule has 1 aliphatic heterocycles. The number of likely N-dealkylation sites (N-methyl/N-ethyl adjacent to an activating group) is 1. The van der Waals surface area contributed by atoms with Crippen molar-refractivity contribution in [3.05, 3.63) is 59.2 Å². The van der Waals surface area contributed by atoms with Crippen LogP contribution < -0.4 is 10.1 Å². The molecule has 0 amide bonds. The summed E-state index contributed by atoms with van der Waals surface area (Å²) in [7, 11) is 0. The van der Waals surface area contributed by atoms with E-state index in [-0.39, 0.29) is 6.04 Å². The van der Waals surface area contributed by atoms with Gasteiger partial charge in [0.05, 0.1) is 6.04 Å². The number of nitrogens with one attached hydrogen (secondary N) is 1. The zero-order valence-corrected chi connectivity index (χ0v) is 16.9. The van der Waals surface area contributed by atoms with E-state index in [2.05, 4.69) is 72.8 Å². The van der Waals surface area contributed by atoms with Gasteiger partial charge in [0.1, 0.15) is 12.4 Å². The predicted molar refractivity (Wildman–Crippen MR) is 111 cm³/mol. The minimum Gasteiger partial charge on any atom is -0.492 e. The molecule has 0 radical (unpaired) electrons. The van der Waals surface area contributed by atoms with Crippen LogP contribution in [0.15, 0.2) is 47.4 Å². The molecular weight excluding hydrogens is 340 g/mol. The summed E-state index contributed by atoms with van der Waals surface area (Å²) < 4.78 is 6.01. The third kappa shape index (κ3) is 4.61. The van der Waals surface area contributed by atoms with Crippen LogP contribution in [0.1, 0.15) is 36.6 Å². The quantitative estimate of drug-likeness (QED) is 0.698. The number of nitrogens with zero attached hydrogens (tertiary/aromatic N) is 1. The summed E-state index contributed by atoms with van der Waals surface area (Å²) in [4.78, 5) is 3.69. The monoisotopic (exact) mass is 370 g/mol. The molecule has 1 N–H and O–H groups in total. The molecule has 1 aliphatic rings. The van der Waals surface area contributed by atoms with Crippen molar-refractivity contribution < 1.29 is 4.74 Å². The lowest BCUT2D eigenvalue weighted by molar-refractivity contribution is 0.222. The molecule has 26 heavy (non-hydrogen) atoms. The summed E-state index contributed by atoms with van der Waals surface area (Å²) in [5.41, 5.74) is 4.12. The molecule has 0 spiro atoms. The molecule has 1 unspecified atom stereocenters. The first-order valence-corrected chi connectivity index (χ1v) is 10.8. The number of ether oxygens (including phenoxy) is 1. The van der Waals surface area contributed by atoms with Crippen LogP contribution in [0.5, 0.6) is 5.75 Å². The van der Waals surface area contributed by atoms with Gasteiger partial charge in [0.15, 0.2) is 0 Å². The van der Waals surface area contributed by atoms with Gasteiger partial charge in [0.25, 0.3) is 0 Å². The molecule has 0 aliphatic carbocycles. The van der Waals surface area contributed by atoms with Crippen LogP contribution in [0.25, 0.3) is 0 Å². The van der Waals surface area contributed by atoms with E-state index in [4.69, 9.17) is 4.74 Å². The van der Waals surface area contributed by atoms with Gasteiger partial charge in [-0.05, 0) is 66.7 Å². The second-order valence-electron chi connectivity index (χ2n) is 6.65. The third-order valence-corrected chi connectivity index (χ3v) is 5.93. The number of rotatable bonds is 8. The highest BCUT2D eigenvalue weighted by atomic mass is 32.2. The lowest BCUT2D eigenvalue weighted by Crippen LogP contribution is -2.30. The Kier molecular flexibility index (Phi) is 7.00. The fourth-order valence-corrected chi connectivity index (χ4v) is 3.97. The first-order valence-electron chi connectivity index (χ1n) is 9.60. The van der Waals surface area contributed by atoms with E-state index < -0.39 is 0 Å². The smallest absolute Gasteiger partial charge is 0.119 e. The van der Waals surface area contributed by atoms with E-state index in [0.717, 1.165) is 45.0 Å². The van der Waals surface area contributed by atoms with Gasteiger partial charge < -0.3 is 15.0 Å². The molecule has 3 nitrogen and oxygen atoms in total. The molecule has 140 valence electrons. The van der Waals surface area contributed by atoms with E-state index in [1.54, 1.807) is 11.8 Å². The van der Waals surface area contributed by atoms with Crippen molar-refractivity contribution >= 4 is 11.8 Å². The Morgan fingerprint density at radius 2 is 1.88 bits per heavy atom. The average Bonchev–Trinajstić information content (AvgIpc) is 2.70. The maximum Gasteiger partial charge on any atom is 0.119 e. The maximum absolute atomic E-state index is 6.01. The Balaban J connectivity index is 1.70. The molecular formula is C22H30N2OS. The van der Waals surface area contributed by atoms with Crippen molar-refractivity contribution in [3.63, 3.8) is 0 Å². The minimum atomic E-state index is 0.277. The van der Waals surface area contributed by atoms with Gasteiger partial charge in [-0.25, -0.2) is 0 Å². The molecule has 0 saturated carbocycles. The van der Waals surface area contributed by atoms with Crippen molar-refractivity contribution in [3.8, 4) is 5.75 Å². The largest absolute Gasteiger partial charge is 0.492 e. The van der Waals surface area contributed by atoms with Crippen LogP contribution in [-0.2, 0) is 6.42 Å². The van der Waals surface area contributed by atoms with E-state index >= 15 is 0 Å². The van der Waals surface area contributed by atoms with Crippen molar-refractivity contribution in [2.24, 2.45) is 0 Å². The van der Waals surface area contributed by atoms with Crippen LogP contribution >= 0.6 is 11.8 Å². The molecule has 2 aromatic carbocycles. The highest BCUT2D eigenvalue weighted by Crippen LogP contribution is 2.32. The Morgan fingerprint density at radius 1 is 1.12 bits per heavy atom. The standard InChI is InChI=1S/C22H30N2OS/c1-4-24(5-2)14-15-25-19-8-11-21-18(16-19)12-13-23-22(21)17-6-9-20(26-3)10-7-17/h6-11,16,22-23H,4-5,12-15H2,1-3H3. The molecule has 0 fully saturated rings. The molecule has 4 heteroatoms. The summed E-state index contributed by atoms with van der Waals surface area (Å²) in [6.45, 7) is 9.28. The summed E-state index contributed by atoms with van der Waals surface area (Å²) in [6.07, 6.45) is 3.17. The van der Waals surface area contributed by atoms with Gasteiger partial charge in [-0.1, -0.05) is 32.0 Å². The molecule has 1 heterocycles. The summed E-state index contributed by atoms with van der Waals surface area (Å²) >= 11 is 1.78. The van der Waals surface area contributed by atoms with Gasteiger partial charge in [-0.2, -0.15) is 0 Å². The zero-order valence-electron chi connectivity index (χ0n) is 16.1. The van der Waals surface area contributed by atoms with Gasteiger partial charge in [0.2, 0.25) is 0 Å².